The van der Waals surface area contributed by atoms with Crippen molar-refractivity contribution in [3.63, 3.8) is 0 Å². The predicted octanol–water partition coefficient (Wildman–Crippen LogP) is 6.45. The molecule has 9 heteroatoms. The molecule has 0 unspecified atom stereocenters. The predicted molar refractivity (Wildman–Crippen MR) is 158 cm³/mol. The molecule has 0 spiro atoms. The van der Waals surface area contributed by atoms with Crippen molar-refractivity contribution >= 4 is 23.2 Å². The van der Waals surface area contributed by atoms with Gasteiger partial charge in [-0.25, -0.2) is 0 Å². The fourth-order valence-corrected chi connectivity index (χ4v) is 6.14. The number of rotatable bonds is 9. The highest BCUT2D eigenvalue weighted by atomic mass is 32.1. The van der Waals surface area contributed by atoms with Crippen molar-refractivity contribution in [1.29, 1.82) is 0 Å². The minimum atomic E-state index is -0.448. The number of likely N-dealkylation sites (tertiary alicyclic amines) is 1. The van der Waals surface area contributed by atoms with E-state index < -0.39 is 5.54 Å². The maximum absolute atomic E-state index is 13.5. The first-order valence-electron chi connectivity index (χ1n) is 14.2. The van der Waals surface area contributed by atoms with Crippen molar-refractivity contribution in [2.24, 2.45) is 0 Å². The molecule has 2 aromatic heterocycles. The molecule has 0 atom stereocenters. The molecule has 41 heavy (non-hydrogen) atoms. The van der Waals surface area contributed by atoms with Crippen LogP contribution in [0.1, 0.15) is 78.5 Å². The van der Waals surface area contributed by atoms with Crippen LogP contribution in [-0.2, 0) is 16.9 Å². The summed E-state index contributed by atoms with van der Waals surface area (Å²) in [6, 6.07) is 19.0. The summed E-state index contributed by atoms with van der Waals surface area (Å²) in [5.74, 6) is 1.50. The van der Waals surface area contributed by atoms with E-state index in [1.807, 2.05) is 59.5 Å². The lowest BCUT2D eigenvalue weighted by Gasteiger charge is -2.42. The van der Waals surface area contributed by atoms with Crippen molar-refractivity contribution in [2.45, 2.75) is 64.0 Å². The average molecular weight is 568 g/mol. The third-order valence-electron chi connectivity index (χ3n) is 7.84. The van der Waals surface area contributed by atoms with Gasteiger partial charge in [-0.05, 0) is 74.2 Å². The number of aromatic nitrogens is 3. The molecule has 1 aliphatic heterocycles. The average Bonchev–Trinajstić information content (AvgIpc) is 3.62. The number of benzene rings is 2. The molecule has 2 aliphatic rings. The molecule has 0 radical (unpaired) electrons. The van der Waals surface area contributed by atoms with Crippen LogP contribution in [0.3, 0.4) is 0 Å². The molecule has 1 N–H and O–H groups in total. The fraction of sp³-hybridized carbons (Fsp3) is 0.344. The highest BCUT2D eigenvalue weighted by Gasteiger charge is 2.41. The van der Waals surface area contributed by atoms with E-state index in [1.165, 1.54) is 0 Å². The summed E-state index contributed by atoms with van der Waals surface area (Å²) in [7, 11) is 0. The van der Waals surface area contributed by atoms with Gasteiger partial charge in [-0.15, -0.1) is 10.2 Å². The zero-order chi connectivity index (χ0) is 28.4. The van der Waals surface area contributed by atoms with Gasteiger partial charge in [0.15, 0.2) is 0 Å². The first-order valence-corrected chi connectivity index (χ1v) is 15.0. The van der Waals surface area contributed by atoms with E-state index >= 15 is 0 Å². The van der Waals surface area contributed by atoms with Gasteiger partial charge in [-0.1, -0.05) is 37.3 Å². The van der Waals surface area contributed by atoms with Crippen LogP contribution in [0.2, 0.25) is 0 Å². The Morgan fingerprint density at radius 2 is 1.90 bits per heavy atom. The number of pyridine rings is 1. The van der Waals surface area contributed by atoms with Gasteiger partial charge >= 0.3 is 0 Å². The van der Waals surface area contributed by atoms with Crippen LogP contribution in [0, 0.1) is 0 Å². The van der Waals surface area contributed by atoms with Gasteiger partial charge in [0.25, 0.3) is 5.91 Å². The lowest BCUT2D eigenvalue weighted by Crippen LogP contribution is -2.51. The molecular weight excluding hydrogens is 534 g/mol. The fourth-order valence-electron chi connectivity index (χ4n) is 5.29. The topological polar surface area (TPSA) is 97.3 Å². The molecule has 6 rings (SSSR count). The Morgan fingerprint density at radius 1 is 1.07 bits per heavy atom. The highest BCUT2D eigenvalue weighted by Crippen LogP contribution is 2.41. The van der Waals surface area contributed by atoms with Crippen molar-refractivity contribution in [3.05, 3.63) is 88.7 Å². The zero-order valence-electron chi connectivity index (χ0n) is 23.3. The monoisotopic (exact) mass is 567 g/mol. The first kappa shape index (κ1) is 27.1. The maximum Gasteiger partial charge on any atom is 0.252 e. The van der Waals surface area contributed by atoms with Crippen molar-refractivity contribution in [2.75, 3.05) is 6.54 Å². The number of nitrogens with one attached hydrogen (secondary N) is 1. The van der Waals surface area contributed by atoms with Gasteiger partial charge < -0.3 is 15.0 Å². The van der Waals surface area contributed by atoms with Crippen molar-refractivity contribution in [3.8, 4) is 22.1 Å². The Labute approximate surface area is 243 Å². The summed E-state index contributed by atoms with van der Waals surface area (Å²) in [4.78, 5) is 32.3. The van der Waals surface area contributed by atoms with E-state index in [9.17, 15) is 9.59 Å². The van der Waals surface area contributed by atoms with Crippen molar-refractivity contribution in [1.82, 2.24) is 25.4 Å². The van der Waals surface area contributed by atoms with Crippen LogP contribution in [0.4, 0.5) is 0 Å². The third kappa shape index (κ3) is 5.72. The largest absolute Gasteiger partial charge is 0.457 e. The van der Waals surface area contributed by atoms with E-state index in [2.05, 4.69) is 34.3 Å². The molecule has 210 valence electrons. The molecule has 1 saturated carbocycles. The Hall–Kier alpha value is -4.11. The normalized spacial score (nSPS) is 16.1. The smallest absolute Gasteiger partial charge is 0.252 e. The number of hydrogen-bond acceptors (Lipinski definition) is 7. The molecule has 0 bridgehead atoms. The Morgan fingerprint density at radius 3 is 2.54 bits per heavy atom. The number of hydrogen-bond donors (Lipinski definition) is 1. The third-order valence-corrected chi connectivity index (χ3v) is 9.11. The number of ether oxygens (including phenoxy) is 1. The van der Waals surface area contributed by atoms with Gasteiger partial charge in [-0.3, -0.25) is 14.6 Å². The number of amides is 2. The van der Waals surface area contributed by atoms with E-state index in [4.69, 9.17) is 4.74 Å². The molecule has 3 heterocycles. The molecule has 8 nitrogen and oxygen atoms in total. The lowest BCUT2D eigenvalue weighted by molar-refractivity contribution is -0.128. The second-order valence-corrected chi connectivity index (χ2v) is 12.1. The highest BCUT2D eigenvalue weighted by molar-refractivity contribution is 7.14. The van der Waals surface area contributed by atoms with Gasteiger partial charge in [0.2, 0.25) is 5.91 Å². The molecular formula is C32H33N5O3S. The summed E-state index contributed by atoms with van der Waals surface area (Å²) >= 11 is 1.59. The second kappa shape index (κ2) is 11.4. The Kier molecular flexibility index (Phi) is 7.53. The second-order valence-electron chi connectivity index (χ2n) is 11.1. The molecule has 1 saturated heterocycles. The minimum absolute atomic E-state index is 0.141. The van der Waals surface area contributed by atoms with E-state index in [0.29, 0.717) is 35.9 Å². The minimum Gasteiger partial charge on any atom is -0.457 e. The van der Waals surface area contributed by atoms with E-state index in [-0.39, 0.29) is 11.8 Å². The molecule has 2 aromatic carbocycles. The SMILES string of the molecule is CC(C)c1nnc(-c2ccc(Oc3cc(C(=O)NC4(c5ccccn5)CCC4)ccc3CN3CCCC3=O)cc2)s1. The van der Waals surface area contributed by atoms with Crippen LogP contribution in [0.25, 0.3) is 10.6 Å². The standard InChI is InChI=1S/C32H33N5O3S/c1-21(2)30-35-36-31(41-30)22-11-13-25(14-12-22)40-26-19-23(9-10-24(26)20-37-18-5-8-28(37)38)29(39)34-32(15-6-16-32)27-7-3-4-17-33-27/h3-4,7,9-14,17,19,21H,5-6,8,15-16,18,20H2,1-2H3,(H,34,39). The number of carbonyl (C=O) groups excluding carboxylic acids is 2. The zero-order valence-corrected chi connectivity index (χ0v) is 24.1. The quantitative estimate of drug-likeness (QED) is 0.250. The van der Waals surface area contributed by atoms with E-state index in [0.717, 1.165) is 59.1 Å². The Bertz CT molecular complexity index is 1550. The molecule has 4 aromatic rings. The maximum atomic E-state index is 13.5. The molecule has 2 fully saturated rings. The van der Waals surface area contributed by atoms with Crippen LogP contribution in [-0.4, -0.2) is 38.4 Å². The first-order chi connectivity index (χ1) is 19.9. The van der Waals surface area contributed by atoms with Gasteiger partial charge in [0.05, 0.1) is 11.2 Å². The van der Waals surface area contributed by atoms with Crippen LogP contribution >= 0.6 is 11.3 Å². The van der Waals surface area contributed by atoms with Crippen LogP contribution in [0.15, 0.2) is 66.9 Å². The van der Waals surface area contributed by atoms with Gasteiger partial charge in [-0.2, -0.15) is 0 Å². The Balaban J connectivity index is 1.26. The lowest BCUT2D eigenvalue weighted by atomic mass is 9.74. The summed E-state index contributed by atoms with van der Waals surface area (Å²) < 4.78 is 6.37. The molecule has 1 aliphatic carbocycles. The number of carbonyl (C=O) groups is 2. The number of nitrogens with zero attached hydrogens (tertiary/aromatic N) is 4. The van der Waals surface area contributed by atoms with Crippen molar-refractivity contribution < 1.29 is 14.3 Å². The summed E-state index contributed by atoms with van der Waals surface area (Å²) in [5, 5.41) is 13.8. The summed E-state index contributed by atoms with van der Waals surface area (Å²) in [6.07, 6.45) is 5.94. The summed E-state index contributed by atoms with van der Waals surface area (Å²) in [6.45, 7) is 5.37. The van der Waals surface area contributed by atoms with Gasteiger partial charge in [0.1, 0.15) is 21.5 Å². The van der Waals surface area contributed by atoms with Gasteiger partial charge in [0, 0.05) is 48.3 Å². The van der Waals surface area contributed by atoms with Crippen LogP contribution < -0.4 is 10.1 Å². The van der Waals surface area contributed by atoms with E-state index in [1.54, 1.807) is 23.6 Å². The molecule has 2 amide bonds. The summed E-state index contributed by atoms with van der Waals surface area (Å²) in [5.41, 5.74) is 2.77. The van der Waals surface area contributed by atoms with Crippen LogP contribution in [0.5, 0.6) is 11.5 Å².